The highest BCUT2D eigenvalue weighted by Gasteiger charge is 2.30. The Hall–Kier alpha value is -2.05. The van der Waals surface area contributed by atoms with Gasteiger partial charge in [0.05, 0.1) is 19.1 Å². The van der Waals surface area contributed by atoms with E-state index in [0.29, 0.717) is 38.7 Å². The number of hydrogen-bond acceptors (Lipinski definition) is 5. The van der Waals surface area contributed by atoms with E-state index in [1.807, 2.05) is 11.0 Å². The fraction of sp³-hybridized carbons (Fsp3) is 0.421. The minimum absolute atomic E-state index is 0.0572. The molecule has 1 saturated heterocycles. The van der Waals surface area contributed by atoms with Crippen LogP contribution in [0.4, 0.5) is 0 Å². The first-order valence-corrected chi connectivity index (χ1v) is 9.35. The predicted octanol–water partition coefficient (Wildman–Crippen LogP) is 3.19. The Labute approximate surface area is 150 Å². The molecule has 1 atom stereocenters. The molecule has 5 nitrogen and oxygen atoms in total. The van der Waals surface area contributed by atoms with E-state index in [-0.39, 0.29) is 17.6 Å². The van der Waals surface area contributed by atoms with Crippen LogP contribution in [0.15, 0.2) is 24.3 Å². The number of aromatic hydroxyl groups is 1. The van der Waals surface area contributed by atoms with Crippen LogP contribution in [-0.2, 0) is 16.1 Å². The number of fused-ring (bicyclic) bond motifs is 1. The molecule has 1 amide bonds. The maximum atomic E-state index is 12.7. The second-order valence-corrected chi connectivity index (χ2v) is 7.85. The summed E-state index contributed by atoms with van der Waals surface area (Å²) >= 11 is 1.68. The number of benzene rings is 1. The van der Waals surface area contributed by atoms with Gasteiger partial charge in [-0.15, -0.1) is 11.3 Å². The van der Waals surface area contributed by atoms with Gasteiger partial charge in [0, 0.05) is 28.5 Å². The van der Waals surface area contributed by atoms with Crippen molar-refractivity contribution < 1.29 is 19.4 Å². The van der Waals surface area contributed by atoms with Crippen molar-refractivity contribution in [1.29, 1.82) is 0 Å². The van der Waals surface area contributed by atoms with Crippen molar-refractivity contribution in [1.82, 2.24) is 4.90 Å². The first kappa shape index (κ1) is 16.4. The minimum atomic E-state index is -0.0572. The maximum Gasteiger partial charge on any atom is 0.228 e. The number of ether oxygens (including phenoxy) is 2. The van der Waals surface area contributed by atoms with Gasteiger partial charge in [0.1, 0.15) is 6.61 Å². The highest BCUT2D eigenvalue weighted by atomic mass is 32.1. The van der Waals surface area contributed by atoms with E-state index >= 15 is 0 Å². The lowest BCUT2D eigenvalue weighted by Crippen LogP contribution is -2.37. The van der Waals surface area contributed by atoms with Crippen molar-refractivity contribution in [2.24, 2.45) is 5.92 Å². The molecule has 1 fully saturated rings. The van der Waals surface area contributed by atoms with Crippen molar-refractivity contribution in [3.8, 4) is 21.9 Å². The van der Waals surface area contributed by atoms with Crippen molar-refractivity contribution in [3.05, 3.63) is 34.7 Å². The first-order valence-electron chi connectivity index (χ1n) is 8.54. The number of rotatable bonds is 2. The average Bonchev–Trinajstić information content (AvgIpc) is 3.22. The van der Waals surface area contributed by atoms with Gasteiger partial charge in [0.15, 0.2) is 11.5 Å². The second-order valence-electron chi connectivity index (χ2n) is 6.56. The van der Waals surface area contributed by atoms with Gasteiger partial charge in [-0.2, -0.15) is 0 Å². The highest BCUT2D eigenvalue weighted by molar-refractivity contribution is 7.15. The third-order valence-corrected chi connectivity index (χ3v) is 5.78. The zero-order valence-corrected chi connectivity index (χ0v) is 15.0. The molecule has 4 rings (SSSR count). The molecular weight excluding hydrogens is 338 g/mol. The molecule has 0 saturated carbocycles. The lowest BCUT2D eigenvalue weighted by molar-refractivity contribution is -0.136. The summed E-state index contributed by atoms with van der Waals surface area (Å²) < 4.78 is 11.1. The van der Waals surface area contributed by atoms with Crippen LogP contribution in [0.25, 0.3) is 10.4 Å². The van der Waals surface area contributed by atoms with E-state index in [0.717, 1.165) is 22.4 Å². The van der Waals surface area contributed by atoms with Gasteiger partial charge >= 0.3 is 0 Å². The second kappa shape index (κ2) is 6.69. The fourth-order valence-corrected chi connectivity index (χ4v) is 4.26. The summed E-state index contributed by atoms with van der Waals surface area (Å²) in [7, 11) is 0. The number of carbonyl (C=O) groups excluding carboxylic acids is 1. The summed E-state index contributed by atoms with van der Waals surface area (Å²) in [6.45, 7) is 4.58. The van der Waals surface area contributed by atoms with Crippen LogP contribution in [-0.4, -0.2) is 42.3 Å². The van der Waals surface area contributed by atoms with E-state index in [1.165, 1.54) is 4.88 Å². The Morgan fingerprint density at radius 1 is 1.32 bits per heavy atom. The molecule has 1 aromatic carbocycles. The van der Waals surface area contributed by atoms with Gasteiger partial charge < -0.3 is 19.5 Å². The van der Waals surface area contributed by atoms with Crippen LogP contribution < -0.4 is 4.74 Å². The summed E-state index contributed by atoms with van der Waals surface area (Å²) in [5, 5.41) is 10.4. The van der Waals surface area contributed by atoms with Crippen molar-refractivity contribution >= 4 is 17.2 Å². The smallest absolute Gasteiger partial charge is 0.228 e. The number of hydrogen-bond donors (Lipinski definition) is 1. The summed E-state index contributed by atoms with van der Waals surface area (Å²) in [5.74, 6) is 0.691. The third kappa shape index (κ3) is 3.24. The zero-order valence-electron chi connectivity index (χ0n) is 14.2. The molecule has 3 heterocycles. The summed E-state index contributed by atoms with van der Waals surface area (Å²) in [6, 6.07) is 7.89. The molecule has 0 bridgehead atoms. The number of carbonyl (C=O) groups is 1. The SMILES string of the molecule is Cc1ccc(-c2cc(O)c3c(c2)CN(C(=O)C2CCOC2)CCO3)s1. The Balaban J connectivity index is 1.65. The molecule has 0 aliphatic carbocycles. The monoisotopic (exact) mass is 359 g/mol. The van der Waals surface area contributed by atoms with Gasteiger partial charge in [-0.25, -0.2) is 0 Å². The van der Waals surface area contributed by atoms with Crippen LogP contribution in [0.2, 0.25) is 0 Å². The molecule has 25 heavy (non-hydrogen) atoms. The number of amides is 1. The lowest BCUT2D eigenvalue weighted by atomic mass is 10.0. The lowest BCUT2D eigenvalue weighted by Gasteiger charge is -2.22. The van der Waals surface area contributed by atoms with Gasteiger partial charge in [-0.3, -0.25) is 4.79 Å². The largest absolute Gasteiger partial charge is 0.504 e. The molecule has 2 aromatic rings. The Bertz CT molecular complexity index is 795. The number of aryl methyl sites for hydroxylation is 1. The van der Waals surface area contributed by atoms with Crippen LogP contribution in [0, 0.1) is 12.8 Å². The summed E-state index contributed by atoms with van der Waals surface area (Å²) in [6.07, 6.45) is 0.781. The van der Waals surface area contributed by atoms with E-state index in [2.05, 4.69) is 19.1 Å². The fourth-order valence-electron chi connectivity index (χ4n) is 3.41. The molecular formula is C19H21NO4S. The maximum absolute atomic E-state index is 12.7. The van der Waals surface area contributed by atoms with Gasteiger partial charge in [-0.1, -0.05) is 0 Å². The van der Waals surface area contributed by atoms with Crippen molar-refractivity contribution in [3.63, 3.8) is 0 Å². The first-order chi connectivity index (χ1) is 12.1. The molecule has 132 valence electrons. The highest BCUT2D eigenvalue weighted by Crippen LogP contribution is 2.39. The normalized spacial score (nSPS) is 20.0. The molecule has 0 radical (unpaired) electrons. The van der Waals surface area contributed by atoms with Crippen molar-refractivity contribution in [2.45, 2.75) is 19.9 Å². The Kier molecular flexibility index (Phi) is 4.39. The summed E-state index contributed by atoms with van der Waals surface area (Å²) in [4.78, 5) is 16.9. The molecule has 1 N–H and O–H groups in total. The molecule has 2 aliphatic rings. The van der Waals surface area contributed by atoms with Gasteiger partial charge in [0.2, 0.25) is 5.91 Å². The molecule has 6 heteroatoms. The van der Waals surface area contributed by atoms with E-state index in [1.54, 1.807) is 17.4 Å². The van der Waals surface area contributed by atoms with Crippen molar-refractivity contribution in [2.75, 3.05) is 26.4 Å². The van der Waals surface area contributed by atoms with E-state index in [4.69, 9.17) is 9.47 Å². The summed E-state index contributed by atoms with van der Waals surface area (Å²) in [5.41, 5.74) is 1.81. The van der Waals surface area contributed by atoms with Crippen LogP contribution >= 0.6 is 11.3 Å². The van der Waals surface area contributed by atoms with Crippen LogP contribution in [0.1, 0.15) is 16.9 Å². The minimum Gasteiger partial charge on any atom is -0.504 e. The Morgan fingerprint density at radius 2 is 2.20 bits per heavy atom. The number of thiophene rings is 1. The van der Waals surface area contributed by atoms with Gasteiger partial charge in [0.25, 0.3) is 0 Å². The van der Waals surface area contributed by atoms with Gasteiger partial charge in [-0.05, 0) is 43.2 Å². The van der Waals surface area contributed by atoms with E-state index < -0.39 is 0 Å². The topological polar surface area (TPSA) is 59.0 Å². The Morgan fingerprint density at radius 3 is 2.92 bits per heavy atom. The van der Waals surface area contributed by atoms with Crippen LogP contribution in [0.3, 0.4) is 0 Å². The number of phenols is 1. The average molecular weight is 359 g/mol. The molecule has 0 spiro atoms. The van der Waals surface area contributed by atoms with Crippen LogP contribution in [0.5, 0.6) is 11.5 Å². The third-order valence-electron chi connectivity index (χ3n) is 4.73. The predicted molar refractivity (Wildman–Crippen MR) is 96.0 cm³/mol. The molecule has 1 aromatic heterocycles. The zero-order chi connectivity index (χ0) is 17.4. The standard InChI is InChI=1S/C19H21NO4S/c1-12-2-3-17(25-12)14-8-15-10-20(19(22)13-4-6-23-11-13)5-7-24-18(15)16(21)9-14/h2-3,8-9,13,21H,4-7,10-11H2,1H3. The number of nitrogens with zero attached hydrogens (tertiary/aromatic N) is 1. The number of phenolic OH excluding ortho intramolecular Hbond substituents is 1. The molecule has 2 aliphatic heterocycles. The molecule has 1 unspecified atom stereocenters. The van der Waals surface area contributed by atoms with E-state index in [9.17, 15) is 9.90 Å². The quantitative estimate of drug-likeness (QED) is 0.895.